The number of rotatable bonds is 2. The maximum absolute atomic E-state index is 9.14. The fourth-order valence-corrected chi connectivity index (χ4v) is 2.45. The molecule has 1 aliphatic heterocycles. The van der Waals surface area contributed by atoms with Gasteiger partial charge in [0.25, 0.3) is 0 Å². The van der Waals surface area contributed by atoms with Gasteiger partial charge in [-0.05, 0) is 45.1 Å². The van der Waals surface area contributed by atoms with E-state index in [1.165, 1.54) is 25.9 Å². The van der Waals surface area contributed by atoms with E-state index in [1.807, 2.05) is 0 Å². The molecule has 0 aromatic rings. The standard InChI is InChI=1S/C10H19NO/c1-8-3-2-4-11(8)7-9-5-10(12)6-9/h8-10,12H,2-7H2,1H3. The Morgan fingerprint density at radius 2 is 2.17 bits per heavy atom. The highest BCUT2D eigenvalue weighted by atomic mass is 16.3. The first-order valence-electron chi connectivity index (χ1n) is 5.18. The highest BCUT2D eigenvalue weighted by Crippen LogP contribution is 2.30. The van der Waals surface area contributed by atoms with E-state index in [0.717, 1.165) is 24.8 Å². The van der Waals surface area contributed by atoms with Crippen molar-refractivity contribution in [1.29, 1.82) is 0 Å². The first-order valence-corrected chi connectivity index (χ1v) is 5.18. The van der Waals surface area contributed by atoms with E-state index in [-0.39, 0.29) is 6.10 Å². The van der Waals surface area contributed by atoms with E-state index in [9.17, 15) is 0 Å². The van der Waals surface area contributed by atoms with Crippen molar-refractivity contribution in [2.45, 2.75) is 44.8 Å². The molecule has 0 aromatic heterocycles. The lowest BCUT2D eigenvalue weighted by Crippen LogP contribution is -2.39. The lowest BCUT2D eigenvalue weighted by Gasteiger charge is -2.35. The molecule has 0 spiro atoms. The number of aliphatic hydroxyl groups is 1. The monoisotopic (exact) mass is 169 g/mol. The van der Waals surface area contributed by atoms with Crippen molar-refractivity contribution in [3.8, 4) is 0 Å². The summed E-state index contributed by atoms with van der Waals surface area (Å²) in [6.07, 6.45) is 4.85. The summed E-state index contributed by atoms with van der Waals surface area (Å²) >= 11 is 0. The number of hydrogen-bond donors (Lipinski definition) is 1. The van der Waals surface area contributed by atoms with Gasteiger partial charge in [0.15, 0.2) is 0 Å². The van der Waals surface area contributed by atoms with Gasteiger partial charge in [-0.1, -0.05) is 0 Å². The molecular weight excluding hydrogens is 150 g/mol. The third kappa shape index (κ3) is 1.64. The Bertz CT molecular complexity index is 154. The van der Waals surface area contributed by atoms with Crippen LogP contribution in [0.3, 0.4) is 0 Å². The maximum Gasteiger partial charge on any atom is 0.0546 e. The van der Waals surface area contributed by atoms with Crippen LogP contribution in [0.25, 0.3) is 0 Å². The van der Waals surface area contributed by atoms with Gasteiger partial charge in [-0.3, -0.25) is 0 Å². The van der Waals surface area contributed by atoms with Gasteiger partial charge in [-0.25, -0.2) is 0 Å². The summed E-state index contributed by atoms with van der Waals surface area (Å²) in [6.45, 7) is 4.84. The van der Waals surface area contributed by atoms with Gasteiger partial charge in [0.2, 0.25) is 0 Å². The van der Waals surface area contributed by atoms with Crippen molar-refractivity contribution in [3.63, 3.8) is 0 Å². The zero-order chi connectivity index (χ0) is 8.55. The van der Waals surface area contributed by atoms with Crippen LogP contribution in [0.4, 0.5) is 0 Å². The zero-order valence-electron chi connectivity index (χ0n) is 7.87. The summed E-state index contributed by atoms with van der Waals surface area (Å²) in [5.41, 5.74) is 0. The third-order valence-electron chi connectivity index (χ3n) is 3.39. The van der Waals surface area contributed by atoms with Crippen LogP contribution in [0.5, 0.6) is 0 Å². The molecule has 2 heteroatoms. The van der Waals surface area contributed by atoms with Crippen LogP contribution in [0.1, 0.15) is 32.6 Å². The molecule has 1 N–H and O–H groups in total. The van der Waals surface area contributed by atoms with Crippen molar-refractivity contribution >= 4 is 0 Å². The first-order chi connectivity index (χ1) is 5.75. The molecule has 0 bridgehead atoms. The Kier molecular flexibility index (Phi) is 2.37. The smallest absolute Gasteiger partial charge is 0.0546 e. The van der Waals surface area contributed by atoms with Gasteiger partial charge in [0, 0.05) is 12.6 Å². The first kappa shape index (κ1) is 8.52. The predicted molar refractivity (Wildman–Crippen MR) is 49.0 cm³/mol. The van der Waals surface area contributed by atoms with Gasteiger partial charge >= 0.3 is 0 Å². The Hall–Kier alpha value is -0.0800. The van der Waals surface area contributed by atoms with Crippen LogP contribution in [0.15, 0.2) is 0 Å². The van der Waals surface area contributed by atoms with Crippen LogP contribution in [-0.4, -0.2) is 35.2 Å². The second kappa shape index (κ2) is 3.35. The summed E-state index contributed by atoms with van der Waals surface area (Å²) in [7, 11) is 0. The Morgan fingerprint density at radius 3 is 2.67 bits per heavy atom. The van der Waals surface area contributed by atoms with Gasteiger partial charge in [-0.15, -0.1) is 0 Å². The van der Waals surface area contributed by atoms with E-state index < -0.39 is 0 Å². The largest absolute Gasteiger partial charge is 0.393 e. The number of likely N-dealkylation sites (tertiary alicyclic amines) is 1. The lowest BCUT2D eigenvalue weighted by molar-refractivity contribution is 0.0234. The second-order valence-corrected chi connectivity index (χ2v) is 4.48. The molecule has 2 nitrogen and oxygen atoms in total. The number of nitrogens with zero attached hydrogens (tertiary/aromatic N) is 1. The van der Waals surface area contributed by atoms with E-state index >= 15 is 0 Å². The molecule has 2 rings (SSSR count). The van der Waals surface area contributed by atoms with Crippen molar-refractivity contribution in [2.24, 2.45) is 5.92 Å². The summed E-state index contributed by atoms with van der Waals surface area (Å²) in [5, 5.41) is 9.14. The third-order valence-corrected chi connectivity index (χ3v) is 3.39. The molecule has 0 aromatic carbocycles. The minimum atomic E-state index is 0.0212. The molecule has 70 valence electrons. The highest BCUT2D eigenvalue weighted by molar-refractivity contribution is 4.84. The second-order valence-electron chi connectivity index (χ2n) is 4.48. The average molecular weight is 169 g/mol. The zero-order valence-corrected chi connectivity index (χ0v) is 7.87. The van der Waals surface area contributed by atoms with Crippen LogP contribution in [0, 0.1) is 5.92 Å². The fraction of sp³-hybridized carbons (Fsp3) is 1.00. The van der Waals surface area contributed by atoms with Crippen molar-refractivity contribution in [2.75, 3.05) is 13.1 Å². The molecule has 2 aliphatic rings. The van der Waals surface area contributed by atoms with Crippen molar-refractivity contribution in [1.82, 2.24) is 4.90 Å². The fourth-order valence-electron chi connectivity index (χ4n) is 2.45. The number of hydrogen-bond acceptors (Lipinski definition) is 2. The van der Waals surface area contributed by atoms with E-state index in [0.29, 0.717) is 0 Å². The topological polar surface area (TPSA) is 23.5 Å². The molecule has 0 amide bonds. The van der Waals surface area contributed by atoms with Crippen molar-refractivity contribution < 1.29 is 5.11 Å². The van der Waals surface area contributed by atoms with Crippen LogP contribution in [0.2, 0.25) is 0 Å². The molecule has 1 unspecified atom stereocenters. The molecule has 12 heavy (non-hydrogen) atoms. The molecule has 1 heterocycles. The Balaban J connectivity index is 1.72. The van der Waals surface area contributed by atoms with Crippen LogP contribution >= 0.6 is 0 Å². The SMILES string of the molecule is CC1CCCN1CC1CC(O)C1. The minimum absolute atomic E-state index is 0.0212. The minimum Gasteiger partial charge on any atom is -0.393 e. The van der Waals surface area contributed by atoms with Gasteiger partial charge in [0.1, 0.15) is 0 Å². The highest BCUT2D eigenvalue weighted by Gasteiger charge is 2.31. The molecule has 2 fully saturated rings. The van der Waals surface area contributed by atoms with Crippen molar-refractivity contribution in [3.05, 3.63) is 0 Å². The van der Waals surface area contributed by atoms with E-state index in [1.54, 1.807) is 0 Å². The summed E-state index contributed by atoms with van der Waals surface area (Å²) < 4.78 is 0. The molecule has 1 saturated carbocycles. The molecule has 1 saturated heterocycles. The average Bonchev–Trinajstić information content (AvgIpc) is 2.33. The summed E-state index contributed by atoms with van der Waals surface area (Å²) in [5.74, 6) is 0.792. The summed E-state index contributed by atoms with van der Waals surface area (Å²) in [6, 6.07) is 0.794. The van der Waals surface area contributed by atoms with Crippen LogP contribution in [-0.2, 0) is 0 Å². The lowest BCUT2D eigenvalue weighted by atomic mass is 9.82. The molecular formula is C10H19NO. The maximum atomic E-state index is 9.14. The molecule has 1 atom stereocenters. The van der Waals surface area contributed by atoms with E-state index in [2.05, 4.69) is 11.8 Å². The van der Waals surface area contributed by atoms with Crippen LogP contribution < -0.4 is 0 Å². The molecule has 0 radical (unpaired) electrons. The van der Waals surface area contributed by atoms with Gasteiger partial charge < -0.3 is 10.0 Å². The van der Waals surface area contributed by atoms with E-state index in [4.69, 9.17) is 5.11 Å². The van der Waals surface area contributed by atoms with Gasteiger partial charge in [-0.2, -0.15) is 0 Å². The Morgan fingerprint density at radius 1 is 1.42 bits per heavy atom. The Labute approximate surface area is 74.6 Å². The predicted octanol–water partition coefficient (Wildman–Crippen LogP) is 1.24. The quantitative estimate of drug-likeness (QED) is 0.672. The van der Waals surface area contributed by atoms with Gasteiger partial charge in [0.05, 0.1) is 6.10 Å². The number of aliphatic hydroxyl groups excluding tert-OH is 1. The summed E-state index contributed by atoms with van der Waals surface area (Å²) in [4.78, 5) is 2.58. The molecule has 1 aliphatic carbocycles. The normalized spacial score (nSPS) is 43.0.